The van der Waals surface area contributed by atoms with E-state index in [0.29, 0.717) is 0 Å². The van der Waals surface area contributed by atoms with Crippen molar-refractivity contribution in [2.75, 3.05) is 0 Å². The molecule has 0 saturated heterocycles. The van der Waals surface area contributed by atoms with Crippen LogP contribution in [0.1, 0.15) is 16.5 Å². The Kier molecular flexibility index (Phi) is 4.24. The van der Waals surface area contributed by atoms with E-state index >= 15 is 0 Å². The highest BCUT2D eigenvalue weighted by atomic mass is 79.9. The molecule has 0 radical (unpaired) electrons. The third-order valence-electron chi connectivity index (χ3n) is 2.13. The molecule has 2 rings (SSSR count). The number of thiophene rings is 1. The van der Waals surface area contributed by atoms with Crippen molar-refractivity contribution in [2.24, 2.45) is 0 Å². The van der Waals surface area contributed by atoms with Crippen LogP contribution < -0.4 is 0 Å². The number of hydrogen-bond donors (Lipinski definition) is 1. The minimum atomic E-state index is -0.594. The Labute approximate surface area is 123 Å². The Morgan fingerprint density at radius 2 is 1.75 bits per heavy atom. The zero-order chi connectivity index (χ0) is 11.7. The summed E-state index contributed by atoms with van der Waals surface area (Å²) < 4.78 is 2.88. The Morgan fingerprint density at radius 1 is 1.06 bits per heavy atom. The highest BCUT2D eigenvalue weighted by Crippen LogP contribution is 2.38. The van der Waals surface area contributed by atoms with Gasteiger partial charge in [0.1, 0.15) is 6.10 Å². The van der Waals surface area contributed by atoms with Crippen molar-refractivity contribution in [2.45, 2.75) is 6.10 Å². The molecule has 0 bridgehead atoms. The van der Waals surface area contributed by atoms with E-state index in [9.17, 15) is 5.11 Å². The van der Waals surface area contributed by atoms with Gasteiger partial charge >= 0.3 is 0 Å². The Bertz CT molecular complexity index is 490. The first-order valence-corrected chi connectivity index (χ1v) is 7.66. The van der Waals surface area contributed by atoms with Gasteiger partial charge in [-0.1, -0.05) is 34.1 Å². The topological polar surface area (TPSA) is 20.2 Å². The average molecular weight is 427 g/mol. The number of benzene rings is 1. The van der Waals surface area contributed by atoms with Crippen LogP contribution in [0.2, 0.25) is 0 Å². The molecule has 5 heteroatoms. The van der Waals surface area contributed by atoms with Crippen molar-refractivity contribution in [1.29, 1.82) is 0 Å². The lowest BCUT2D eigenvalue weighted by Gasteiger charge is -2.10. The van der Waals surface area contributed by atoms with E-state index in [0.717, 1.165) is 23.2 Å². The van der Waals surface area contributed by atoms with Crippen LogP contribution >= 0.6 is 59.1 Å². The van der Waals surface area contributed by atoms with Gasteiger partial charge < -0.3 is 5.11 Å². The molecule has 0 aliphatic heterocycles. The van der Waals surface area contributed by atoms with Gasteiger partial charge in [0.05, 0.1) is 3.79 Å². The van der Waals surface area contributed by atoms with Crippen LogP contribution in [0.5, 0.6) is 0 Å². The molecule has 1 aromatic carbocycles. The Morgan fingerprint density at radius 3 is 2.31 bits per heavy atom. The molecular weight excluding hydrogens is 420 g/mol. The molecule has 0 saturated carbocycles. The number of aliphatic hydroxyl groups excluding tert-OH is 1. The third kappa shape index (κ3) is 2.59. The van der Waals surface area contributed by atoms with Gasteiger partial charge in [-0.05, 0) is 49.6 Å². The van der Waals surface area contributed by atoms with Gasteiger partial charge in [-0.15, -0.1) is 11.3 Å². The van der Waals surface area contributed by atoms with Gasteiger partial charge in [0, 0.05) is 13.8 Å². The van der Waals surface area contributed by atoms with Gasteiger partial charge in [-0.3, -0.25) is 0 Å². The van der Waals surface area contributed by atoms with E-state index in [1.807, 2.05) is 30.3 Å². The van der Waals surface area contributed by atoms with E-state index in [1.165, 1.54) is 11.3 Å². The van der Waals surface area contributed by atoms with Gasteiger partial charge in [-0.2, -0.15) is 0 Å². The van der Waals surface area contributed by atoms with Crippen molar-refractivity contribution in [3.05, 3.63) is 53.5 Å². The summed E-state index contributed by atoms with van der Waals surface area (Å²) >= 11 is 11.8. The third-order valence-corrected chi connectivity index (χ3v) is 6.16. The molecule has 0 spiro atoms. The molecule has 16 heavy (non-hydrogen) atoms. The number of halogens is 3. The summed E-state index contributed by atoms with van der Waals surface area (Å²) in [6.07, 6.45) is -0.594. The number of rotatable bonds is 2. The second kappa shape index (κ2) is 5.31. The van der Waals surface area contributed by atoms with Crippen LogP contribution in [0.25, 0.3) is 0 Å². The summed E-state index contributed by atoms with van der Waals surface area (Å²) in [5.74, 6) is 0. The Balaban J connectivity index is 2.39. The van der Waals surface area contributed by atoms with Crippen molar-refractivity contribution in [1.82, 2.24) is 0 Å². The Hall–Kier alpha value is 0.320. The summed E-state index contributed by atoms with van der Waals surface area (Å²) in [4.78, 5) is 0.908. The molecule has 0 aliphatic rings. The summed E-state index contributed by atoms with van der Waals surface area (Å²) in [5.41, 5.74) is 0.878. The quantitative estimate of drug-likeness (QED) is 0.706. The van der Waals surface area contributed by atoms with Crippen LogP contribution in [0.4, 0.5) is 0 Å². The maximum Gasteiger partial charge on any atom is 0.114 e. The lowest BCUT2D eigenvalue weighted by molar-refractivity contribution is 0.223. The first-order valence-electron chi connectivity index (χ1n) is 4.47. The van der Waals surface area contributed by atoms with E-state index in [-0.39, 0.29) is 0 Å². The van der Waals surface area contributed by atoms with Gasteiger partial charge in [0.15, 0.2) is 0 Å². The maximum absolute atomic E-state index is 10.2. The predicted octanol–water partition coefficient (Wildman–Crippen LogP) is 5.12. The monoisotopic (exact) mass is 424 g/mol. The van der Waals surface area contributed by atoms with Crippen molar-refractivity contribution >= 4 is 59.1 Å². The molecule has 1 atom stereocenters. The minimum absolute atomic E-state index is 0.594. The lowest BCUT2D eigenvalue weighted by Crippen LogP contribution is -1.97. The largest absolute Gasteiger partial charge is 0.383 e. The van der Waals surface area contributed by atoms with E-state index < -0.39 is 6.10 Å². The highest BCUT2D eigenvalue weighted by Gasteiger charge is 2.16. The summed E-state index contributed by atoms with van der Waals surface area (Å²) in [6.45, 7) is 0. The molecule has 84 valence electrons. The molecule has 0 fully saturated rings. The number of hydrogen-bond acceptors (Lipinski definition) is 2. The SMILES string of the molecule is OC(c1cc(Br)c(Br)s1)c1ccccc1Br. The zero-order valence-corrected chi connectivity index (χ0v) is 13.5. The van der Waals surface area contributed by atoms with E-state index in [1.54, 1.807) is 0 Å². The maximum atomic E-state index is 10.2. The molecule has 1 aromatic heterocycles. The molecule has 1 N–H and O–H groups in total. The fraction of sp³-hybridized carbons (Fsp3) is 0.0909. The minimum Gasteiger partial charge on any atom is -0.383 e. The number of aliphatic hydroxyl groups is 1. The van der Waals surface area contributed by atoms with Crippen LogP contribution in [0.3, 0.4) is 0 Å². The van der Waals surface area contributed by atoms with Crippen molar-refractivity contribution < 1.29 is 5.11 Å². The molecule has 1 heterocycles. The summed E-state index contributed by atoms with van der Waals surface area (Å²) in [5, 5.41) is 10.2. The lowest BCUT2D eigenvalue weighted by atomic mass is 10.1. The van der Waals surface area contributed by atoms with Crippen LogP contribution in [-0.2, 0) is 0 Å². The van der Waals surface area contributed by atoms with Gasteiger partial charge in [0.25, 0.3) is 0 Å². The molecule has 0 aliphatic carbocycles. The normalized spacial score (nSPS) is 12.8. The molecule has 1 nitrogen and oxygen atoms in total. The van der Waals surface area contributed by atoms with Crippen LogP contribution in [0, 0.1) is 0 Å². The molecule has 0 amide bonds. The summed E-state index contributed by atoms with van der Waals surface area (Å²) in [6, 6.07) is 9.62. The molecule has 1 unspecified atom stereocenters. The highest BCUT2D eigenvalue weighted by molar-refractivity contribution is 9.13. The first kappa shape index (κ1) is 12.8. The van der Waals surface area contributed by atoms with Gasteiger partial charge in [-0.25, -0.2) is 0 Å². The van der Waals surface area contributed by atoms with E-state index in [4.69, 9.17) is 0 Å². The fourth-order valence-corrected chi connectivity index (χ4v) is 3.94. The second-order valence-corrected chi connectivity index (χ2v) is 7.30. The van der Waals surface area contributed by atoms with Gasteiger partial charge in [0.2, 0.25) is 0 Å². The molecule has 2 aromatic rings. The summed E-state index contributed by atoms with van der Waals surface area (Å²) in [7, 11) is 0. The standard InChI is InChI=1S/C11H7Br3OS/c12-7-4-2-1-3-6(7)10(15)9-5-8(13)11(14)16-9/h1-5,10,15H. The van der Waals surface area contributed by atoms with Crippen LogP contribution in [0.15, 0.2) is 43.1 Å². The first-order chi connectivity index (χ1) is 7.59. The average Bonchev–Trinajstić information content (AvgIpc) is 2.59. The smallest absolute Gasteiger partial charge is 0.114 e. The van der Waals surface area contributed by atoms with Crippen LogP contribution in [-0.4, -0.2) is 5.11 Å². The zero-order valence-electron chi connectivity index (χ0n) is 7.95. The van der Waals surface area contributed by atoms with Crippen molar-refractivity contribution in [3.63, 3.8) is 0 Å². The van der Waals surface area contributed by atoms with E-state index in [2.05, 4.69) is 47.8 Å². The predicted molar refractivity (Wildman–Crippen MR) is 77.9 cm³/mol. The molecular formula is C11H7Br3OS. The van der Waals surface area contributed by atoms with Crippen molar-refractivity contribution in [3.8, 4) is 0 Å². The fourth-order valence-electron chi connectivity index (χ4n) is 1.35. The second-order valence-electron chi connectivity index (χ2n) is 3.19.